The van der Waals surface area contributed by atoms with E-state index in [0.717, 1.165) is 22.7 Å². The van der Waals surface area contributed by atoms with Crippen LogP contribution in [0.4, 0.5) is 0 Å². The lowest BCUT2D eigenvalue weighted by Crippen LogP contribution is -2.31. The second-order valence-electron chi connectivity index (χ2n) is 7.16. The molecule has 4 aromatic rings. The van der Waals surface area contributed by atoms with Crippen LogP contribution in [0.5, 0.6) is 0 Å². The van der Waals surface area contributed by atoms with E-state index >= 15 is 0 Å². The number of carbonyl (C=O) groups excluding carboxylic acids is 1. The van der Waals surface area contributed by atoms with Crippen molar-refractivity contribution < 1.29 is 9.21 Å². The zero-order chi connectivity index (χ0) is 22.3. The van der Waals surface area contributed by atoms with Gasteiger partial charge in [-0.3, -0.25) is 4.79 Å². The number of hydrogen-bond acceptors (Lipinski definition) is 5. The number of aromatic nitrogens is 3. The molecular formula is C24H23ClN4O2S. The zero-order valence-electron chi connectivity index (χ0n) is 17.6. The summed E-state index contributed by atoms with van der Waals surface area (Å²) >= 11 is 7.40. The summed E-state index contributed by atoms with van der Waals surface area (Å²) in [6.45, 7) is 3.66. The molecule has 0 unspecified atom stereocenters. The average Bonchev–Trinajstić information content (AvgIpc) is 3.48. The Balaban J connectivity index is 1.48. The topological polar surface area (TPSA) is 64.2 Å². The van der Waals surface area contributed by atoms with Gasteiger partial charge in [-0.2, -0.15) is 0 Å². The molecule has 0 fully saturated rings. The Morgan fingerprint density at radius 2 is 1.81 bits per heavy atom. The van der Waals surface area contributed by atoms with Gasteiger partial charge in [0.15, 0.2) is 11.0 Å². The number of thioether (sulfide) groups is 1. The van der Waals surface area contributed by atoms with E-state index in [2.05, 4.69) is 10.2 Å². The van der Waals surface area contributed by atoms with Crippen molar-refractivity contribution in [3.63, 3.8) is 0 Å². The molecule has 164 valence electrons. The molecule has 0 bridgehead atoms. The Morgan fingerprint density at radius 1 is 1.03 bits per heavy atom. The van der Waals surface area contributed by atoms with Crippen molar-refractivity contribution in [1.82, 2.24) is 19.7 Å². The van der Waals surface area contributed by atoms with E-state index in [1.807, 2.05) is 78.2 Å². The quantitative estimate of drug-likeness (QED) is 0.303. The summed E-state index contributed by atoms with van der Waals surface area (Å²) in [5.74, 6) is 1.78. The first-order valence-electron chi connectivity index (χ1n) is 10.3. The molecule has 0 spiro atoms. The summed E-state index contributed by atoms with van der Waals surface area (Å²) in [7, 11) is 0. The van der Waals surface area contributed by atoms with Crippen LogP contribution in [0.15, 0.2) is 82.6 Å². The van der Waals surface area contributed by atoms with Crippen LogP contribution in [-0.2, 0) is 24.4 Å². The maximum absolute atomic E-state index is 13.2. The molecule has 0 saturated heterocycles. The predicted molar refractivity (Wildman–Crippen MR) is 126 cm³/mol. The molecule has 2 heterocycles. The zero-order valence-corrected chi connectivity index (χ0v) is 19.2. The Bertz CT molecular complexity index is 1140. The van der Waals surface area contributed by atoms with E-state index in [4.69, 9.17) is 16.0 Å². The summed E-state index contributed by atoms with van der Waals surface area (Å²) in [6.07, 6.45) is 1.62. The third kappa shape index (κ3) is 5.41. The first-order valence-corrected chi connectivity index (χ1v) is 11.7. The van der Waals surface area contributed by atoms with Crippen molar-refractivity contribution in [2.75, 3.05) is 5.75 Å². The molecule has 0 aliphatic carbocycles. The van der Waals surface area contributed by atoms with Crippen LogP contribution in [0.2, 0.25) is 5.02 Å². The van der Waals surface area contributed by atoms with Gasteiger partial charge < -0.3 is 13.9 Å². The predicted octanol–water partition coefficient (Wildman–Crippen LogP) is 5.53. The van der Waals surface area contributed by atoms with Crippen molar-refractivity contribution in [1.29, 1.82) is 0 Å². The molecule has 0 saturated carbocycles. The first-order chi connectivity index (χ1) is 15.6. The fraction of sp³-hybridized carbons (Fsp3) is 0.208. The molecule has 2 aromatic heterocycles. The molecule has 0 N–H and O–H groups in total. The van der Waals surface area contributed by atoms with Crippen LogP contribution >= 0.6 is 23.4 Å². The number of rotatable bonds is 9. The molecule has 4 rings (SSSR count). The summed E-state index contributed by atoms with van der Waals surface area (Å²) in [4.78, 5) is 15.0. The molecule has 0 atom stereocenters. The van der Waals surface area contributed by atoms with Gasteiger partial charge in [-0.1, -0.05) is 53.7 Å². The van der Waals surface area contributed by atoms with Gasteiger partial charge >= 0.3 is 0 Å². The maximum atomic E-state index is 13.2. The third-order valence-corrected chi connectivity index (χ3v) is 6.16. The monoisotopic (exact) mass is 466 g/mol. The number of carbonyl (C=O) groups is 1. The minimum atomic E-state index is 0.00829. The number of amides is 1. The summed E-state index contributed by atoms with van der Waals surface area (Å²) in [5.41, 5.74) is 2.00. The van der Waals surface area contributed by atoms with Gasteiger partial charge in [-0.25, -0.2) is 0 Å². The number of benzene rings is 2. The van der Waals surface area contributed by atoms with Gasteiger partial charge in [0.1, 0.15) is 5.76 Å². The molecule has 2 aromatic carbocycles. The SMILES string of the molecule is CCn1c(SCC(=O)N(Cc2ccccc2)Cc2ccco2)nnc1-c1ccc(Cl)cc1. The molecule has 0 aliphatic rings. The van der Waals surface area contributed by atoms with Gasteiger partial charge in [-0.05, 0) is 48.9 Å². The van der Waals surface area contributed by atoms with Gasteiger partial charge in [0.25, 0.3) is 0 Å². The summed E-state index contributed by atoms with van der Waals surface area (Å²) in [6, 6.07) is 21.2. The molecule has 0 radical (unpaired) electrons. The fourth-order valence-corrected chi connectivity index (χ4v) is 4.37. The number of furan rings is 1. The second-order valence-corrected chi connectivity index (χ2v) is 8.54. The van der Waals surface area contributed by atoms with Crippen LogP contribution in [0, 0.1) is 0 Å². The van der Waals surface area contributed by atoms with Crippen LogP contribution in [0.25, 0.3) is 11.4 Å². The van der Waals surface area contributed by atoms with E-state index in [1.165, 1.54) is 11.8 Å². The smallest absolute Gasteiger partial charge is 0.233 e. The highest BCUT2D eigenvalue weighted by Crippen LogP contribution is 2.25. The Kier molecular flexibility index (Phi) is 7.29. The highest BCUT2D eigenvalue weighted by molar-refractivity contribution is 7.99. The van der Waals surface area contributed by atoms with E-state index in [-0.39, 0.29) is 11.7 Å². The van der Waals surface area contributed by atoms with E-state index < -0.39 is 0 Å². The molecule has 0 aliphatic heterocycles. The third-order valence-electron chi connectivity index (χ3n) is 4.96. The van der Waals surface area contributed by atoms with Gasteiger partial charge in [0.2, 0.25) is 5.91 Å². The largest absolute Gasteiger partial charge is 0.467 e. The lowest BCUT2D eigenvalue weighted by atomic mass is 10.2. The van der Waals surface area contributed by atoms with Crippen molar-refractivity contribution in [3.8, 4) is 11.4 Å². The molecule has 6 nitrogen and oxygen atoms in total. The Hall–Kier alpha value is -3.03. The molecule has 32 heavy (non-hydrogen) atoms. The Morgan fingerprint density at radius 3 is 2.50 bits per heavy atom. The van der Waals surface area contributed by atoms with Crippen LogP contribution in [0.3, 0.4) is 0 Å². The summed E-state index contributed by atoms with van der Waals surface area (Å²) < 4.78 is 7.48. The van der Waals surface area contributed by atoms with E-state index in [0.29, 0.717) is 29.8 Å². The van der Waals surface area contributed by atoms with Crippen molar-refractivity contribution in [2.45, 2.75) is 31.7 Å². The van der Waals surface area contributed by atoms with Gasteiger partial charge in [0.05, 0.1) is 18.6 Å². The van der Waals surface area contributed by atoms with E-state index in [1.54, 1.807) is 11.2 Å². The Labute approximate surface area is 196 Å². The normalized spacial score (nSPS) is 10.9. The van der Waals surface area contributed by atoms with Crippen LogP contribution in [0.1, 0.15) is 18.2 Å². The first kappa shape index (κ1) is 22.2. The highest BCUT2D eigenvalue weighted by atomic mass is 35.5. The second kappa shape index (κ2) is 10.5. The lowest BCUT2D eigenvalue weighted by molar-refractivity contribution is -0.129. The number of halogens is 1. The summed E-state index contributed by atoms with van der Waals surface area (Å²) in [5, 5.41) is 10.1. The molecular weight excluding hydrogens is 444 g/mol. The lowest BCUT2D eigenvalue weighted by Gasteiger charge is -2.21. The minimum Gasteiger partial charge on any atom is -0.467 e. The number of nitrogens with zero attached hydrogens (tertiary/aromatic N) is 4. The van der Waals surface area contributed by atoms with Crippen LogP contribution in [-0.4, -0.2) is 31.3 Å². The van der Waals surface area contributed by atoms with Crippen molar-refractivity contribution in [3.05, 3.63) is 89.3 Å². The van der Waals surface area contributed by atoms with Gasteiger partial charge in [-0.15, -0.1) is 10.2 Å². The molecule has 8 heteroatoms. The fourth-order valence-electron chi connectivity index (χ4n) is 3.34. The van der Waals surface area contributed by atoms with Gasteiger partial charge in [0, 0.05) is 23.7 Å². The minimum absolute atomic E-state index is 0.00829. The van der Waals surface area contributed by atoms with Crippen molar-refractivity contribution >= 4 is 29.3 Å². The highest BCUT2D eigenvalue weighted by Gasteiger charge is 2.19. The standard InChI is InChI=1S/C24H23ClN4O2S/c1-2-29-23(19-10-12-20(25)13-11-19)26-27-24(29)32-17-22(30)28(16-21-9-6-14-31-21)15-18-7-4-3-5-8-18/h3-14H,2,15-17H2,1H3. The average molecular weight is 467 g/mol. The van der Waals surface area contributed by atoms with Crippen LogP contribution < -0.4 is 0 Å². The molecule has 1 amide bonds. The number of hydrogen-bond donors (Lipinski definition) is 0. The van der Waals surface area contributed by atoms with E-state index in [9.17, 15) is 4.79 Å². The maximum Gasteiger partial charge on any atom is 0.233 e. The van der Waals surface area contributed by atoms with Crippen molar-refractivity contribution in [2.24, 2.45) is 0 Å².